The van der Waals surface area contributed by atoms with E-state index < -0.39 is 0 Å². The lowest BCUT2D eigenvalue weighted by atomic mass is 9.95. The standard InChI is InChI=1S/C65H47N3/c1-3-46-21-13-15-23-48(46)39-45(2)66(52-25-7-4-8-26-52)56-41-51(42-57(44-56)67(53-27-9-5-10-28-53)55-37-35-47-22-14-16-24-49(47)40-55)50-36-38-63-62(43-50)64-60-33-19-17-31-58(60)59-32-18-20-34-61(59)65(64)68(63)54-29-11-6-12-30-54/h3-44H,2H2,1H3/b46-3-,48-39-. The van der Waals surface area contributed by atoms with E-state index in [4.69, 9.17) is 6.58 Å². The summed E-state index contributed by atoms with van der Waals surface area (Å²) in [6, 6.07) is 87.8. The summed E-state index contributed by atoms with van der Waals surface area (Å²) in [5.74, 6) is 0. The van der Waals surface area contributed by atoms with Gasteiger partial charge in [-0.1, -0.05) is 176 Å². The molecule has 12 aromatic rings. The quantitative estimate of drug-likeness (QED) is 0.134. The van der Waals surface area contributed by atoms with E-state index in [1.165, 1.54) is 48.6 Å². The molecule has 1 heterocycles. The highest BCUT2D eigenvalue weighted by Crippen LogP contribution is 2.46. The molecule has 0 radical (unpaired) electrons. The highest BCUT2D eigenvalue weighted by Gasteiger charge is 2.22. The zero-order valence-electron chi connectivity index (χ0n) is 37.8. The number of benzene rings is 11. The molecule has 11 aromatic carbocycles. The summed E-state index contributed by atoms with van der Waals surface area (Å²) in [7, 11) is 0. The number of allylic oxidation sites excluding steroid dienone is 1. The molecule has 0 amide bonds. The molecular formula is C65H47N3. The second-order valence-electron chi connectivity index (χ2n) is 17.4. The van der Waals surface area contributed by atoms with Crippen LogP contribution in [0.2, 0.25) is 0 Å². The molecule has 0 saturated carbocycles. The van der Waals surface area contributed by atoms with E-state index in [9.17, 15) is 0 Å². The molecule has 0 aliphatic rings. The first-order chi connectivity index (χ1) is 33.6. The molecule has 322 valence electrons. The van der Waals surface area contributed by atoms with Gasteiger partial charge in [-0.05, 0) is 140 Å². The van der Waals surface area contributed by atoms with Crippen LogP contribution >= 0.6 is 0 Å². The Bertz CT molecular complexity index is 4000. The normalized spacial score (nSPS) is 12.1. The Labute approximate surface area is 396 Å². The van der Waals surface area contributed by atoms with Crippen molar-refractivity contribution in [2.75, 3.05) is 9.80 Å². The van der Waals surface area contributed by atoms with Crippen LogP contribution in [0.5, 0.6) is 0 Å². The Morgan fingerprint density at radius 1 is 0.412 bits per heavy atom. The van der Waals surface area contributed by atoms with Crippen molar-refractivity contribution in [1.82, 2.24) is 4.57 Å². The largest absolute Gasteiger partial charge is 0.311 e. The lowest BCUT2D eigenvalue weighted by Crippen LogP contribution is -2.25. The van der Waals surface area contributed by atoms with Crippen molar-refractivity contribution >= 4 is 94.7 Å². The molecule has 68 heavy (non-hydrogen) atoms. The van der Waals surface area contributed by atoms with Gasteiger partial charge in [0.25, 0.3) is 0 Å². The molecular weight excluding hydrogens is 823 g/mol. The average molecular weight is 870 g/mol. The second kappa shape index (κ2) is 17.1. The third-order valence-corrected chi connectivity index (χ3v) is 13.3. The summed E-state index contributed by atoms with van der Waals surface area (Å²) in [5, 5.41) is 12.1. The van der Waals surface area contributed by atoms with Gasteiger partial charge in [0.15, 0.2) is 0 Å². The lowest BCUT2D eigenvalue weighted by Gasteiger charge is -2.30. The van der Waals surface area contributed by atoms with Crippen molar-refractivity contribution in [2.24, 2.45) is 0 Å². The van der Waals surface area contributed by atoms with E-state index in [-0.39, 0.29) is 0 Å². The Kier molecular flexibility index (Phi) is 10.2. The summed E-state index contributed by atoms with van der Waals surface area (Å²) in [6.07, 6.45) is 4.36. The fraction of sp³-hybridized carbons (Fsp3) is 0.0154. The molecule has 0 fully saturated rings. The maximum Gasteiger partial charge on any atom is 0.0625 e. The summed E-state index contributed by atoms with van der Waals surface area (Å²) >= 11 is 0. The molecule has 3 heteroatoms. The second-order valence-corrected chi connectivity index (χ2v) is 17.4. The van der Waals surface area contributed by atoms with Crippen LogP contribution < -0.4 is 20.2 Å². The van der Waals surface area contributed by atoms with E-state index in [2.05, 4.69) is 276 Å². The molecule has 0 atom stereocenters. The Morgan fingerprint density at radius 3 is 1.74 bits per heavy atom. The maximum absolute atomic E-state index is 4.81. The average Bonchev–Trinajstić information content (AvgIpc) is 3.75. The van der Waals surface area contributed by atoms with Gasteiger partial charge in [-0.25, -0.2) is 0 Å². The third kappa shape index (κ3) is 7.09. The van der Waals surface area contributed by atoms with Crippen LogP contribution in [-0.2, 0) is 0 Å². The van der Waals surface area contributed by atoms with Crippen molar-refractivity contribution in [3.8, 4) is 16.8 Å². The highest BCUT2D eigenvalue weighted by atomic mass is 15.2. The molecule has 0 bridgehead atoms. The van der Waals surface area contributed by atoms with E-state index >= 15 is 0 Å². The van der Waals surface area contributed by atoms with Gasteiger partial charge >= 0.3 is 0 Å². The van der Waals surface area contributed by atoms with Crippen LogP contribution in [0.4, 0.5) is 28.4 Å². The van der Waals surface area contributed by atoms with Gasteiger partial charge in [0.2, 0.25) is 0 Å². The summed E-state index contributed by atoms with van der Waals surface area (Å²) in [5.41, 5.74) is 11.7. The number of para-hydroxylation sites is 3. The number of hydrogen-bond acceptors (Lipinski definition) is 2. The zero-order chi connectivity index (χ0) is 45.6. The first-order valence-electron chi connectivity index (χ1n) is 23.3. The molecule has 12 rings (SSSR count). The van der Waals surface area contributed by atoms with Gasteiger partial charge < -0.3 is 14.4 Å². The molecule has 0 spiro atoms. The van der Waals surface area contributed by atoms with Crippen LogP contribution in [0.15, 0.2) is 255 Å². The van der Waals surface area contributed by atoms with Crippen LogP contribution in [0.3, 0.4) is 0 Å². The molecule has 0 unspecified atom stereocenters. The minimum absolute atomic E-state index is 0.852. The Hall–Kier alpha value is -8.92. The molecule has 0 N–H and O–H groups in total. The van der Waals surface area contributed by atoms with E-state index in [1.54, 1.807) is 0 Å². The van der Waals surface area contributed by atoms with Crippen molar-refractivity contribution in [3.05, 3.63) is 265 Å². The highest BCUT2D eigenvalue weighted by molar-refractivity contribution is 6.32. The summed E-state index contributed by atoms with van der Waals surface area (Å²) in [6.45, 7) is 6.89. The first kappa shape index (κ1) is 40.6. The van der Waals surface area contributed by atoms with Crippen LogP contribution in [0.1, 0.15) is 6.92 Å². The number of fused-ring (bicyclic) bond motifs is 9. The monoisotopic (exact) mass is 869 g/mol. The fourth-order valence-electron chi connectivity index (χ4n) is 10.3. The van der Waals surface area contributed by atoms with Gasteiger partial charge in [-0.15, -0.1) is 0 Å². The SMILES string of the molecule is C=C(/C=c1/cccc/c1=C/C)N(c1ccccc1)c1cc(-c2ccc3c(c2)c2c4ccccc4c4ccccc4c2n3-c2ccccc2)cc(N(c2ccccc2)c2ccc3ccccc3c2)c1. The maximum atomic E-state index is 4.81. The number of hydrogen-bond donors (Lipinski definition) is 0. The summed E-state index contributed by atoms with van der Waals surface area (Å²) in [4.78, 5) is 4.68. The smallest absolute Gasteiger partial charge is 0.0625 e. The molecule has 0 aliphatic carbocycles. The summed E-state index contributed by atoms with van der Waals surface area (Å²) < 4.78 is 2.46. The molecule has 1 aromatic heterocycles. The minimum atomic E-state index is 0.852. The van der Waals surface area contributed by atoms with Crippen LogP contribution in [0, 0.1) is 0 Å². The Morgan fingerprint density at radius 2 is 1.00 bits per heavy atom. The predicted octanol–water partition coefficient (Wildman–Crippen LogP) is 16.3. The number of rotatable bonds is 9. The van der Waals surface area contributed by atoms with Crippen molar-refractivity contribution < 1.29 is 0 Å². The van der Waals surface area contributed by atoms with Gasteiger partial charge in [0.05, 0.1) is 11.0 Å². The van der Waals surface area contributed by atoms with E-state index in [0.717, 1.165) is 66.9 Å². The van der Waals surface area contributed by atoms with Crippen molar-refractivity contribution in [1.29, 1.82) is 0 Å². The van der Waals surface area contributed by atoms with Gasteiger partial charge in [-0.2, -0.15) is 0 Å². The molecule has 0 saturated heterocycles. The molecule has 0 aliphatic heterocycles. The van der Waals surface area contributed by atoms with Crippen molar-refractivity contribution in [3.63, 3.8) is 0 Å². The van der Waals surface area contributed by atoms with Gasteiger partial charge in [0, 0.05) is 56.0 Å². The minimum Gasteiger partial charge on any atom is -0.311 e. The van der Waals surface area contributed by atoms with Crippen molar-refractivity contribution in [2.45, 2.75) is 6.92 Å². The van der Waals surface area contributed by atoms with Crippen LogP contribution in [0.25, 0.3) is 83.1 Å². The third-order valence-electron chi connectivity index (χ3n) is 13.3. The number of nitrogens with zero attached hydrogens (tertiary/aromatic N) is 3. The topological polar surface area (TPSA) is 11.4 Å². The van der Waals surface area contributed by atoms with Gasteiger partial charge in [0.1, 0.15) is 0 Å². The molecule has 3 nitrogen and oxygen atoms in total. The Balaban J connectivity index is 1.16. The van der Waals surface area contributed by atoms with E-state index in [0.29, 0.717) is 0 Å². The first-order valence-corrected chi connectivity index (χ1v) is 23.3. The lowest BCUT2D eigenvalue weighted by molar-refractivity contribution is 1.19. The number of aromatic nitrogens is 1. The zero-order valence-corrected chi connectivity index (χ0v) is 37.8. The van der Waals surface area contributed by atoms with Gasteiger partial charge in [-0.3, -0.25) is 0 Å². The number of anilines is 5. The predicted molar refractivity (Wildman–Crippen MR) is 291 cm³/mol. The fourth-order valence-corrected chi connectivity index (χ4v) is 10.3. The van der Waals surface area contributed by atoms with E-state index in [1.807, 2.05) is 0 Å². The van der Waals surface area contributed by atoms with Crippen LogP contribution in [-0.4, -0.2) is 4.57 Å².